The van der Waals surface area contributed by atoms with E-state index in [1.54, 1.807) is 0 Å². The van der Waals surface area contributed by atoms with Gasteiger partial charge in [-0.15, -0.1) is 0 Å². The normalized spacial score (nSPS) is 10.5. The van der Waals surface area contributed by atoms with Crippen molar-refractivity contribution in [3.8, 4) is 0 Å². The fraction of sp³-hybridized carbons (Fsp3) is 0.143. The molecule has 1 aromatic carbocycles. The molecule has 0 bridgehead atoms. The minimum absolute atomic E-state index is 0. The molecule has 0 unspecified atom stereocenters. The van der Waals surface area contributed by atoms with Crippen molar-refractivity contribution in [2.75, 3.05) is 0 Å². The fourth-order valence-corrected chi connectivity index (χ4v) is 1.96. The molecule has 0 aliphatic rings. The summed E-state index contributed by atoms with van der Waals surface area (Å²) in [5, 5.41) is 2.30. The van der Waals surface area contributed by atoms with E-state index in [9.17, 15) is 0 Å². The van der Waals surface area contributed by atoms with Crippen LogP contribution in [0.4, 0.5) is 0 Å². The van der Waals surface area contributed by atoms with Gasteiger partial charge < -0.3 is 0 Å². The first-order chi connectivity index (χ1) is 7.74. The van der Waals surface area contributed by atoms with Crippen LogP contribution in [0.5, 0.6) is 0 Å². The van der Waals surface area contributed by atoms with Gasteiger partial charge in [0.1, 0.15) is 0 Å². The number of benzene rings is 1. The van der Waals surface area contributed by atoms with Gasteiger partial charge in [-0.05, 0) is 26.0 Å². The quantitative estimate of drug-likeness (QED) is 0.463. The van der Waals surface area contributed by atoms with Crippen LogP contribution in [0.15, 0.2) is 36.4 Å². The Kier molecular flexibility index (Phi) is 3.14. The Bertz CT molecular complexity index is 631. The smallest absolute Gasteiger partial charge is 0.0967 e. The van der Waals surface area contributed by atoms with Crippen LogP contribution in [0.3, 0.4) is 0 Å². The molecule has 0 amide bonds. The van der Waals surface area contributed by atoms with Crippen LogP contribution in [0.25, 0.3) is 21.8 Å². The molecule has 0 saturated heterocycles. The number of aromatic nitrogens is 2. The molecule has 0 N–H and O–H groups in total. The summed E-state index contributed by atoms with van der Waals surface area (Å²) < 4.78 is 0. The van der Waals surface area contributed by atoms with Crippen molar-refractivity contribution in [1.29, 1.82) is 0 Å². The van der Waals surface area contributed by atoms with Crippen molar-refractivity contribution in [2.24, 2.45) is 0 Å². The van der Waals surface area contributed by atoms with Gasteiger partial charge in [-0.25, -0.2) is 0 Å². The fourth-order valence-electron chi connectivity index (χ4n) is 1.96. The van der Waals surface area contributed by atoms with E-state index in [0.717, 1.165) is 33.2 Å². The van der Waals surface area contributed by atoms with E-state index in [1.165, 1.54) is 0 Å². The predicted molar refractivity (Wildman–Crippen MR) is 66.5 cm³/mol. The second-order valence-electron chi connectivity index (χ2n) is 4.11. The largest absolute Gasteiger partial charge is 0.251 e. The molecule has 0 fully saturated rings. The summed E-state index contributed by atoms with van der Waals surface area (Å²) in [6.45, 7) is 4.02. The molecule has 2 aromatic heterocycles. The molecular formula is C14H12CuN2. The number of fused-ring (bicyclic) bond motifs is 3. The molecule has 0 saturated carbocycles. The average molecular weight is 272 g/mol. The minimum atomic E-state index is 0. The molecule has 89 valence electrons. The second-order valence-corrected chi connectivity index (χ2v) is 4.11. The molecule has 0 aliphatic heterocycles. The van der Waals surface area contributed by atoms with Gasteiger partial charge in [0.2, 0.25) is 0 Å². The molecule has 0 aliphatic carbocycles. The molecule has 2 nitrogen and oxygen atoms in total. The third kappa shape index (κ3) is 2.04. The topological polar surface area (TPSA) is 25.8 Å². The van der Waals surface area contributed by atoms with Crippen molar-refractivity contribution < 1.29 is 17.1 Å². The van der Waals surface area contributed by atoms with Crippen molar-refractivity contribution >= 4 is 21.8 Å². The predicted octanol–water partition coefficient (Wildman–Crippen LogP) is 3.40. The van der Waals surface area contributed by atoms with E-state index in [-0.39, 0.29) is 17.1 Å². The summed E-state index contributed by atoms with van der Waals surface area (Å²) in [5.74, 6) is 0. The van der Waals surface area contributed by atoms with E-state index >= 15 is 0 Å². The Balaban J connectivity index is 0.00000108. The van der Waals surface area contributed by atoms with E-state index in [4.69, 9.17) is 0 Å². The number of nitrogens with zero attached hydrogens (tertiary/aromatic N) is 2. The number of hydrogen-bond acceptors (Lipinski definition) is 2. The van der Waals surface area contributed by atoms with Crippen LogP contribution in [0.2, 0.25) is 0 Å². The average Bonchev–Trinajstić information content (AvgIpc) is 2.29. The van der Waals surface area contributed by atoms with Crippen LogP contribution in [0, 0.1) is 13.8 Å². The molecule has 0 spiro atoms. The number of rotatable bonds is 0. The van der Waals surface area contributed by atoms with Gasteiger partial charge in [0.25, 0.3) is 0 Å². The van der Waals surface area contributed by atoms with Gasteiger partial charge in [0.15, 0.2) is 0 Å². The van der Waals surface area contributed by atoms with Gasteiger partial charge in [0.05, 0.1) is 11.0 Å². The van der Waals surface area contributed by atoms with Gasteiger partial charge in [0, 0.05) is 39.2 Å². The van der Waals surface area contributed by atoms with Crippen LogP contribution in [0.1, 0.15) is 11.4 Å². The minimum Gasteiger partial charge on any atom is -0.251 e. The first-order valence-electron chi connectivity index (χ1n) is 5.38. The summed E-state index contributed by atoms with van der Waals surface area (Å²) >= 11 is 0. The van der Waals surface area contributed by atoms with E-state index < -0.39 is 0 Å². The van der Waals surface area contributed by atoms with Gasteiger partial charge >= 0.3 is 0 Å². The van der Waals surface area contributed by atoms with Crippen molar-refractivity contribution in [3.63, 3.8) is 0 Å². The Morgan fingerprint density at radius 2 is 1.00 bits per heavy atom. The first kappa shape index (κ1) is 12.0. The van der Waals surface area contributed by atoms with Gasteiger partial charge in [-0.2, -0.15) is 0 Å². The maximum atomic E-state index is 4.58. The van der Waals surface area contributed by atoms with Crippen molar-refractivity contribution in [1.82, 2.24) is 9.97 Å². The Hall–Kier alpha value is -1.44. The second kappa shape index (κ2) is 4.44. The SMILES string of the molecule is Cc1ccc2ccc3ccc(C)nc3c2n1.[Cu]. The molecule has 0 atom stereocenters. The van der Waals surface area contributed by atoms with Crippen LogP contribution in [-0.2, 0) is 17.1 Å². The van der Waals surface area contributed by atoms with E-state index in [0.29, 0.717) is 0 Å². The molecule has 1 radical (unpaired) electrons. The number of pyridine rings is 2. The Labute approximate surface area is 111 Å². The van der Waals surface area contributed by atoms with Crippen LogP contribution in [-0.4, -0.2) is 9.97 Å². The summed E-state index contributed by atoms with van der Waals surface area (Å²) in [7, 11) is 0. The summed E-state index contributed by atoms with van der Waals surface area (Å²) in [6, 6.07) is 12.5. The molecular weight excluding hydrogens is 260 g/mol. The summed E-state index contributed by atoms with van der Waals surface area (Å²) in [4.78, 5) is 9.16. The zero-order valence-electron chi connectivity index (χ0n) is 9.66. The molecule has 3 aromatic rings. The zero-order chi connectivity index (χ0) is 11.1. The third-order valence-electron chi connectivity index (χ3n) is 2.80. The third-order valence-corrected chi connectivity index (χ3v) is 2.80. The molecule has 2 heterocycles. The van der Waals surface area contributed by atoms with Crippen molar-refractivity contribution in [3.05, 3.63) is 47.8 Å². The van der Waals surface area contributed by atoms with Crippen LogP contribution >= 0.6 is 0 Å². The van der Waals surface area contributed by atoms with E-state index in [1.807, 2.05) is 26.0 Å². The van der Waals surface area contributed by atoms with E-state index in [2.05, 4.69) is 34.2 Å². The zero-order valence-corrected chi connectivity index (χ0v) is 10.6. The standard InChI is InChI=1S/C14H12N2.Cu/c1-9-3-5-11-7-8-12-6-4-10(2)16-14(12)13(11)15-9;/h3-8H,1-2H3;. The Morgan fingerprint density at radius 3 is 1.41 bits per heavy atom. The van der Waals surface area contributed by atoms with Gasteiger partial charge in [-0.3, -0.25) is 9.97 Å². The number of hydrogen-bond donors (Lipinski definition) is 0. The van der Waals surface area contributed by atoms with Gasteiger partial charge in [-0.1, -0.05) is 24.3 Å². The molecule has 3 rings (SSSR count). The first-order valence-corrected chi connectivity index (χ1v) is 5.38. The maximum Gasteiger partial charge on any atom is 0.0967 e. The summed E-state index contributed by atoms with van der Waals surface area (Å²) in [6.07, 6.45) is 0. The van der Waals surface area contributed by atoms with Crippen LogP contribution < -0.4 is 0 Å². The maximum absolute atomic E-state index is 4.58. The molecule has 17 heavy (non-hydrogen) atoms. The summed E-state index contributed by atoms with van der Waals surface area (Å²) in [5.41, 5.74) is 4.06. The van der Waals surface area contributed by atoms with Crippen molar-refractivity contribution in [2.45, 2.75) is 13.8 Å². The Morgan fingerprint density at radius 1 is 0.647 bits per heavy atom. The number of aryl methyl sites for hydroxylation is 2. The molecule has 3 heteroatoms. The monoisotopic (exact) mass is 271 g/mol.